The monoisotopic (exact) mass is 647 g/mol. The summed E-state index contributed by atoms with van der Waals surface area (Å²) in [4.78, 5) is 12.1. The molecular formula is C30H23IrN3O-2. The van der Waals surface area contributed by atoms with Crippen molar-refractivity contribution in [2.45, 2.75) is 20.6 Å². The van der Waals surface area contributed by atoms with E-state index in [0.29, 0.717) is 16.3 Å². The molecule has 4 aromatic heterocycles. The fraction of sp³-hybridized carbons (Fsp3) is 0.100. The molecule has 4 heterocycles. The fourth-order valence-corrected chi connectivity index (χ4v) is 3.24. The molecule has 2 aromatic carbocycles. The number of benzene rings is 2. The van der Waals surface area contributed by atoms with Crippen molar-refractivity contribution in [1.29, 1.82) is 0 Å². The molecule has 0 aliphatic carbocycles. The molecule has 35 heavy (non-hydrogen) atoms. The minimum absolute atomic E-state index is 0. The maximum absolute atomic E-state index is 8.23. The van der Waals surface area contributed by atoms with Crippen LogP contribution < -0.4 is 0 Å². The summed E-state index contributed by atoms with van der Waals surface area (Å²) >= 11 is 0. The van der Waals surface area contributed by atoms with Gasteiger partial charge in [0, 0.05) is 55.9 Å². The number of aryl methyl sites for hydroxylation is 3. The second-order valence-electron chi connectivity index (χ2n) is 7.06. The fourth-order valence-electron chi connectivity index (χ4n) is 3.24. The zero-order chi connectivity index (χ0) is 34.5. The summed E-state index contributed by atoms with van der Waals surface area (Å²) in [6.45, 7) is -7.36. The van der Waals surface area contributed by atoms with Gasteiger partial charge in [0.25, 0.3) is 0 Å². The van der Waals surface area contributed by atoms with Gasteiger partial charge >= 0.3 is 0 Å². The van der Waals surface area contributed by atoms with Gasteiger partial charge < -0.3 is 14.4 Å². The molecule has 4 nitrogen and oxygen atoms in total. The van der Waals surface area contributed by atoms with Crippen molar-refractivity contribution in [3.8, 4) is 22.5 Å². The predicted octanol–water partition coefficient (Wildman–Crippen LogP) is 7.31. The third kappa shape index (κ3) is 5.37. The Bertz CT molecular complexity index is 2110. The summed E-state index contributed by atoms with van der Waals surface area (Å²) in [6.07, 6.45) is 2.20. The third-order valence-corrected chi connectivity index (χ3v) is 4.78. The van der Waals surface area contributed by atoms with E-state index in [-0.39, 0.29) is 83.3 Å². The molecule has 0 N–H and O–H groups in total. The molecule has 0 bridgehead atoms. The average Bonchev–Trinajstić information content (AvgIpc) is 3.37. The van der Waals surface area contributed by atoms with Gasteiger partial charge in [-0.25, -0.2) is 4.98 Å². The van der Waals surface area contributed by atoms with Crippen LogP contribution in [-0.4, -0.2) is 15.0 Å². The summed E-state index contributed by atoms with van der Waals surface area (Å²) in [5, 5.41) is 1.20. The zero-order valence-corrected chi connectivity index (χ0v) is 20.3. The molecule has 5 heteroatoms. The first-order valence-corrected chi connectivity index (χ1v) is 10.0. The maximum atomic E-state index is 8.23. The van der Waals surface area contributed by atoms with E-state index in [2.05, 4.69) is 27.1 Å². The Morgan fingerprint density at radius 1 is 0.800 bits per heavy atom. The normalized spacial score (nSPS) is 17.0. The van der Waals surface area contributed by atoms with Gasteiger partial charge in [-0.15, -0.1) is 54.1 Å². The van der Waals surface area contributed by atoms with Gasteiger partial charge in [-0.3, -0.25) is 0 Å². The number of fused-ring (bicyclic) bond motifs is 3. The molecule has 0 saturated carbocycles. The Labute approximate surface area is 236 Å². The summed E-state index contributed by atoms with van der Waals surface area (Å²) in [6, 6.07) is 17.8. The van der Waals surface area contributed by atoms with Gasteiger partial charge in [0.2, 0.25) is 5.71 Å². The SMILES string of the molecule is [2H]c1c(C([2H])([2H])[2H])cnc(-c2[c-]ccc3c2oc2nc(C([2H])([2H])[2H])ccc23)c1[2H].[2H]c1c(C([2H])([2H])[2H])cnc(-c2[c-]cccc2)c1[2H].[Ir]. The molecule has 0 aliphatic heterocycles. The van der Waals surface area contributed by atoms with Gasteiger partial charge in [-0.05, 0) is 55.2 Å². The van der Waals surface area contributed by atoms with Crippen molar-refractivity contribution in [3.63, 3.8) is 0 Å². The first-order valence-electron chi connectivity index (χ1n) is 16.5. The van der Waals surface area contributed by atoms with Crippen molar-refractivity contribution in [2.24, 2.45) is 0 Å². The van der Waals surface area contributed by atoms with Crippen LogP contribution in [0.3, 0.4) is 0 Å². The number of nitrogens with zero attached hydrogens (tertiary/aromatic N) is 3. The van der Waals surface area contributed by atoms with E-state index in [1.165, 1.54) is 6.07 Å². The molecule has 6 aromatic rings. The molecule has 0 unspecified atom stereocenters. The first-order chi connectivity index (χ1) is 21.9. The smallest absolute Gasteiger partial charge is 0.216 e. The third-order valence-electron chi connectivity index (χ3n) is 4.78. The number of rotatable bonds is 2. The van der Waals surface area contributed by atoms with Gasteiger partial charge in [-0.2, -0.15) is 0 Å². The molecular weight excluding hydrogens is 611 g/mol. The quantitative estimate of drug-likeness (QED) is 0.185. The molecule has 0 spiro atoms. The minimum Gasteiger partial charge on any atom is -0.486 e. The second kappa shape index (κ2) is 10.7. The van der Waals surface area contributed by atoms with E-state index in [1.54, 1.807) is 42.5 Å². The Balaban J connectivity index is 0.000000236. The zero-order valence-electron chi connectivity index (χ0n) is 30.9. The molecule has 6 rings (SSSR count). The molecule has 0 aliphatic rings. The van der Waals surface area contributed by atoms with Crippen LogP contribution in [0.2, 0.25) is 0 Å². The van der Waals surface area contributed by atoms with Crippen LogP contribution >= 0.6 is 0 Å². The van der Waals surface area contributed by atoms with Crippen molar-refractivity contribution in [1.82, 2.24) is 15.0 Å². The van der Waals surface area contributed by atoms with E-state index in [1.807, 2.05) is 0 Å². The van der Waals surface area contributed by atoms with E-state index < -0.39 is 26.6 Å². The number of pyridine rings is 3. The summed E-state index contributed by atoms with van der Waals surface area (Å²) in [7, 11) is 0. The van der Waals surface area contributed by atoms with Crippen LogP contribution in [0.15, 0.2) is 89.5 Å². The van der Waals surface area contributed by atoms with Gasteiger partial charge in [0.15, 0.2) is 0 Å². The Kier molecular flexibility index (Phi) is 3.95. The van der Waals surface area contributed by atoms with Crippen LogP contribution in [0.4, 0.5) is 0 Å². The molecule has 1 radical (unpaired) electrons. The van der Waals surface area contributed by atoms with E-state index in [4.69, 9.17) is 22.2 Å². The summed E-state index contributed by atoms with van der Waals surface area (Å²) < 4.78 is 104. The number of hydrogen-bond donors (Lipinski definition) is 0. The van der Waals surface area contributed by atoms with E-state index in [9.17, 15) is 0 Å². The van der Waals surface area contributed by atoms with Gasteiger partial charge in [0.1, 0.15) is 0 Å². The Morgan fingerprint density at radius 2 is 1.60 bits per heavy atom. The van der Waals surface area contributed by atoms with E-state index in [0.717, 1.165) is 12.4 Å². The predicted molar refractivity (Wildman–Crippen MR) is 136 cm³/mol. The molecule has 0 saturated heterocycles. The summed E-state index contributed by atoms with van der Waals surface area (Å²) in [5.74, 6) is 0. The minimum atomic E-state index is -2.55. The van der Waals surface area contributed by atoms with Crippen molar-refractivity contribution in [3.05, 3.63) is 114 Å². The van der Waals surface area contributed by atoms with Crippen molar-refractivity contribution in [2.75, 3.05) is 0 Å². The van der Waals surface area contributed by atoms with Crippen LogP contribution in [0.1, 0.15) is 34.6 Å². The molecule has 0 atom stereocenters. The molecule has 175 valence electrons. The average molecular weight is 647 g/mol. The summed E-state index contributed by atoms with van der Waals surface area (Å²) in [5.41, 5.74) is 0.937. The van der Waals surface area contributed by atoms with Crippen LogP contribution in [0.5, 0.6) is 0 Å². The topological polar surface area (TPSA) is 51.8 Å². The Hall–Kier alpha value is -3.66. The maximum Gasteiger partial charge on any atom is 0.216 e. The van der Waals surface area contributed by atoms with E-state index >= 15 is 0 Å². The van der Waals surface area contributed by atoms with Crippen LogP contribution in [0, 0.1) is 32.7 Å². The second-order valence-corrected chi connectivity index (χ2v) is 7.06. The van der Waals surface area contributed by atoms with Crippen LogP contribution in [-0.2, 0) is 20.1 Å². The number of hydrogen-bond acceptors (Lipinski definition) is 4. The number of aromatic nitrogens is 3. The number of furan rings is 1. The Morgan fingerprint density at radius 3 is 2.34 bits per heavy atom. The van der Waals surface area contributed by atoms with Crippen LogP contribution in [0.25, 0.3) is 44.6 Å². The standard InChI is InChI=1S/C18H13N2O.C12H10N.Ir/c1-11-6-9-16(19-10-11)15-5-3-4-13-14-8-7-12(2)20-18(14)21-17(13)15;1-10-7-8-12(13-9-10)11-5-3-2-4-6-11;/h3-4,6-10H,1-2H3;2-5,7-9H,1H3;/q2*-1;/i1D3,2D3,6D,9D;1D3,7D,8D;. The molecule has 0 amide bonds. The van der Waals surface area contributed by atoms with Gasteiger partial charge in [0.05, 0.1) is 11.1 Å². The first kappa shape index (κ1) is 12.9. The largest absolute Gasteiger partial charge is 0.486 e. The van der Waals surface area contributed by atoms with Crippen molar-refractivity contribution < 1.29 is 42.3 Å². The van der Waals surface area contributed by atoms with Crippen molar-refractivity contribution >= 4 is 22.1 Å². The van der Waals surface area contributed by atoms with Gasteiger partial charge in [-0.1, -0.05) is 35.1 Å². The molecule has 0 fully saturated rings.